The van der Waals surface area contributed by atoms with Gasteiger partial charge in [-0.15, -0.1) is 0 Å². The van der Waals surface area contributed by atoms with E-state index in [9.17, 15) is 9.18 Å². The van der Waals surface area contributed by atoms with Crippen LogP contribution in [0.5, 0.6) is 0 Å². The van der Waals surface area contributed by atoms with Crippen molar-refractivity contribution in [2.24, 2.45) is 0 Å². The molecule has 0 saturated heterocycles. The van der Waals surface area contributed by atoms with Crippen molar-refractivity contribution in [1.82, 2.24) is 14.9 Å². The van der Waals surface area contributed by atoms with Crippen LogP contribution in [-0.2, 0) is 4.79 Å². The Labute approximate surface area is 110 Å². The average molecular weight is 275 g/mol. The smallest absolute Gasteiger partial charge is 0.244 e. The van der Waals surface area contributed by atoms with E-state index in [0.29, 0.717) is 13.1 Å². The maximum Gasteiger partial charge on any atom is 0.244 e. The summed E-state index contributed by atoms with van der Waals surface area (Å²) in [4.78, 5) is 20.8. The van der Waals surface area contributed by atoms with Crippen LogP contribution in [0.2, 0.25) is 5.28 Å². The van der Waals surface area contributed by atoms with E-state index in [-0.39, 0.29) is 17.0 Å². The number of hydrogen-bond donors (Lipinski definition) is 1. The molecule has 1 heterocycles. The molecule has 0 aromatic carbocycles. The van der Waals surface area contributed by atoms with Gasteiger partial charge in [0.2, 0.25) is 11.2 Å². The third kappa shape index (κ3) is 3.53. The number of amides is 1. The molecule has 1 atom stereocenters. The number of nitrogens with one attached hydrogen (secondary N) is 1. The van der Waals surface area contributed by atoms with E-state index in [1.165, 1.54) is 0 Å². The number of carbonyl (C=O) groups is 1. The first-order valence-electron chi connectivity index (χ1n) is 5.72. The number of rotatable bonds is 5. The predicted molar refractivity (Wildman–Crippen MR) is 68.0 cm³/mol. The van der Waals surface area contributed by atoms with Crippen molar-refractivity contribution in [2.75, 3.05) is 18.4 Å². The van der Waals surface area contributed by atoms with Crippen molar-refractivity contribution in [3.05, 3.63) is 17.3 Å². The lowest BCUT2D eigenvalue weighted by Gasteiger charge is -2.23. The highest BCUT2D eigenvalue weighted by atomic mass is 35.5. The van der Waals surface area contributed by atoms with Gasteiger partial charge in [-0.3, -0.25) is 4.79 Å². The van der Waals surface area contributed by atoms with Crippen molar-refractivity contribution in [3.8, 4) is 0 Å². The minimum absolute atomic E-state index is 0.0667. The monoisotopic (exact) mass is 274 g/mol. The Morgan fingerprint density at radius 3 is 2.72 bits per heavy atom. The van der Waals surface area contributed by atoms with Crippen LogP contribution in [0.3, 0.4) is 0 Å². The van der Waals surface area contributed by atoms with Gasteiger partial charge in [0.25, 0.3) is 0 Å². The molecule has 0 radical (unpaired) electrons. The van der Waals surface area contributed by atoms with Gasteiger partial charge in [-0.25, -0.2) is 9.37 Å². The zero-order valence-corrected chi connectivity index (χ0v) is 11.3. The predicted octanol–water partition coefficient (Wildman–Crippen LogP) is 1.94. The molecule has 1 N–H and O–H groups in total. The normalized spacial score (nSPS) is 12.1. The van der Waals surface area contributed by atoms with E-state index in [1.807, 2.05) is 13.8 Å². The molecule has 0 fully saturated rings. The first kappa shape index (κ1) is 14.6. The summed E-state index contributed by atoms with van der Waals surface area (Å²) >= 11 is 5.57. The van der Waals surface area contributed by atoms with Crippen molar-refractivity contribution in [3.63, 3.8) is 0 Å². The highest BCUT2D eigenvalue weighted by Gasteiger charge is 2.19. The Bertz CT molecular complexity index is 426. The van der Waals surface area contributed by atoms with Crippen molar-refractivity contribution in [1.29, 1.82) is 0 Å². The standard InChI is InChI=1S/C11H16ClFN4O/c1-4-17(5-2)10(18)7(3)15-9-8(13)6-14-11(12)16-9/h6-7H,4-5H2,1-3H3,(H,14,15,16). The molecule has 18 heavy (non-hydrogen) atoms. The third-order valence-electron chi connectivity index (χ3n) is 2.51. The summed E-state index contributed by atoms with van der Waals surface area (Å²) in [5, 5.41) is 2.63. The van der Waals surface area contributed by atoms with Crippen LogP contribution < -0.4 is 5.32 Å². The first-order chi connectivity index (χ1) is 8.49. The van der Waals surface area contributed by atoms with Gasteiger partial charge in [0.05, 0.1) is 6.20 Å². The van der Waals surface area contributed by atoms with Gasteiger partial charge in [0, 0.05) is 13.1 Å². The molecular weight excluding hydrogens is 259 g/mol. The summed E-state index contributed by atoms with van der Waals surface area (Å²) in [6.07, 6.45) is 0.965. The molecule has 1 aromatic rings. The molecule has 0 bridgehead atoms. The summed E-state index contributed by atoms with van der Waals surface area (Å²) in [6.45, 7) is 6.63. The summed E-state index contributed by atoms with van der Waals surface area (Å²) < 4.78 is 13.4. The molecule has 1 unspecified atom stereocenters. The molecular formula is C11H16ClFN4O. The van der Waals surface area contributed by atoms with Gasteiger partial charge < -0.3 is 10.2 Å². The fourth-order valence-corrected chi connectivity index (χ4v) is 1.66. The van der Waals surface area contributed by atoms with Gasteiger partial charge in [0.15, 0.2) is 11.6 Å². The van der Waals surface area contributed by atoms with E-state index in [4.69, 9.17) is 11.6 Å². The number of carbonyl (C=O) groups excluding carboxylic acids is 1. The summed E-state index contributed by atoms with van der Waals surface area (Å²) in [7, 11) is 0. The van der Waals surface area contributed by atoms with Gasteiger partial charge in [-0.1, -0.05) is 0 Å². The topological polar surface area (TPSA) is 58.1 Å². The fraction of sp³-hybridized carbons (Fsp3) is 0.545. The van der Waals surface area contributed by atoms with Gasteiger partial charge in [0.1, 0.15) is 6.04 Å². The van der Waals surface area contributed by atoms with Crippen LogP contribution in [-0.4, -0.2) is 39.9 Å². The van der Waals surface area contributed by atoms with Crippen LogP contribution in [0.4, 0.5) is 10.2 Å². The summed E-state index contributed by atoms with van der Waals surface area (Å²) in [5.41, 5.74) is 0. The van der Waals surface area contributed by atoms with Crippen molar-refractivity contribution < 1.29 is 9.18 Å². The minimum Gasteiger partial charge on any atom is -0.356 e. The average Bonchev–Trinajstić information content (AvgIpc) is 2.35. The largest absolute Gasteiger partial charge is 0.356 e. The fourth-order valence-electron chi connectivity index (χ4n) is 1.52. The van der Waals surface area contributed by atoms with E-state index >= 15 is 0 Å². The molecule has 100 valence electrons. The Kier molecular flexibility index (Phi) is 5.27. The molecule has 0 aliphatic rings. The number of hydrogen-bond acceptors (Lipinski definition) is 4. The molecule has 7 heteroatoms. The first-order valence-corrected chi connectivity index (χ1v) is 6.10. The zero-order chi connectivity index (χ0) is 13.7. The quantitative estimate of drug-likeness (QED) is 0.834. The molecule has 0 spiro atoms. The van der Waals surface area contributed by atoms with Crippen LogP contribution in [0.25, 0.3) is 0 Å². The van der Waals surface area contributed by atoms with Crippen LogP contribution in [0.1, 0.15) is 20.8 Å². The van der Waals surface area contributed by atoms with Crippen molar-refractivity contribution in [2.45, 2.75) is 26.8 Å². The number of aromatic nitrogens is 2. The van der Waals surface area contributed by atoms with Crippen LogP contribution in [0.15, 0.2) is 6.20 Å². The maximum atomic E-state index is 13.4. The SMILES string of the molecule is CCN(CC)C(=O)C(C)Nc1nc(Cl)ncc1F. The Morgan fingerprint density at radius 1 is 1.56 bits per heavy atom. The second-order valence-corrected chi connectivity index (χ2v) is 4.05. The highest BCUT2D eigenvalue weighted by molar-refractivity contribution is 6.28. The number of halogens is 2. The second kappa shape index (κ2) is 6.49. The highest BCUT2D eigenvalue weighted by Crippen LogP contribution is 2.13. The molecule has 5 nitrogen and oxygen atoms in total. The van der Waals surface area contributed by atoms with E-state index < -0.39 is 11.9 Å². The molecule has 1 amide bonds. The zero-order valence-electron chi connectivity index (χ0n) is 10.6. The van der Waals surface area contributed by atoms with E-state index in [1.54, 1.807) is 11.8 Å². The Hall–Kier alpha value is -1.43. The van der Waals surface area contributed by atoms with E-state index in [2.05, 4.69) is 15.3 Å². The molecule has 1 aromatic heterocycles. The van der Waals surface area contributed by atoms with Gasteiger partial charge in [-0.05, 0) is 32.4 Å². The lowest BCUT2D eigenvalue weighted by Crippen LogP contribution is -2.41. The number of anilines is 1. The Morgan fingerprint density at radius 2 is 2.17 bits per heavy atom. The third-order valence-corrected chi connectivity index (χ3v) is 2.70. The molecule has 0 aliphatic carbocycles. The lowest BCUT2D eigenvalue weighted by atomic mass is 10.2. The lowest BCUT2D eigenvalue weighted by molar-refractivity contribution is -0.131. The van der Waals surface area contributed by atoms with Gasteiger partial charge >= 0.3 is 0 Å². The van der Waals surface area contributed by atoms with Crippen molar-refractivity contribution >= 4 is 23.3 Å². The van der Waals surface area contributed by atoms with Gasteiger partial charge in [-0.2, -0.15) is 4.98 Å². The summed E-state index contributed by atoms with van der Waals surface area (Å²) in [6, 6.07) is -0.578. The molecule has 0 aliphatic heterocycles. The van der Waals surface area contributed by atoms with Crippen LogP contribution >= 0.6 is 11.6 Å². The number of likely N-dealkylation sites (N-methyl/N-ethyl adjacent to an activating group) is 1. The maximum absolute atomic E-state index is 13.4. The second-order valence-electron chi connectivity index (χ2n) is 3.71. The van der Waals surface area contributed by atoms with Crippen LogP contribution in [0, 0.1) is 5.82 Å². The molecule has 0 saturated carbocycles. The molecule has 1 rings (SSSR count). The minimum atomic E-state index is -0.640. The van der Waals surface area contributed by atoms with E-state index in [0.717, 1.165) is 6.20 Å². The number of nitrogens with zero attached hydrogens (tertiary/aromatic N) is 3. The summed E-state index contributed by atoms with van der Waals surface area (Å²) in [5.74, 6) is -0.823. The Balaban J connectivity index is 2.77.